The second-order valence-corrected chi connectivity index (χ2v) is 5.79. The normalized spacial score (nSPS) is 14.6. The summed E-state index contributed by atoms with van der Waals surface area (Å²) >= 11 is 0. The molecule has 0 saturated carbocycles. The maximum Gasteiger partial charge on any atom is 0.241 e. The molecule has 2 aromatic rings. The summed E-state index contributed by atoms with van der Waals surface area (Å²) in [6.07, 6.45) is 2.17. The molecule has 26 heavy (non-hydrogen) atoms. The fourth-order valence-electron chi connectivity index (χ4n) is 2.64. The summed E-state index contributed by atoms with van der Waals surface area (Å²) in [4.78, 5) is 18.8. The minimum Gasteiger partial charge on any atom is -0.378 e. The highest BCUT2D eigenvalue weighted by Crippen LogP contribution is 2.15. The van der Waals surface area contributed by atoms with Gasteiger partial charge in [0.1, 0.15) is 5.82 Å². The van der Waals surface area contributed by atoms with Gasteiger partial charge in [-0.25, -0.2) is 4.98 Å². The predicted octanol–water partition coefficient (Wildman–Crippen LogP) is 2.27. The molecule has 0 aliphatic carbocycles. The molecule has 1 aliphatic heterocycles. The van der Waals surface area contributed by atoms with Gasteiger partial charge < -0.3 is 20.7 Å². The van der Waals surface area contributed by atoms with Crippen LogP contribution >= 0.6 is 24.8 Å². The maximum absolute atomic E-state index is 12.2. The number of hydrogen-bond donors (Lipinski definition) is 2. The summed E-state index contributed by atoms with van der Waals surface area (Å²) in [7, 11) is 0. The van der Waals surface area contributed by atoms with Crippen molar-refractivity contribution in [3.63, 3.8) is 0 Å². The first-order chi connectivity index (χ1) is 11.7. The standard InChI is InChI=1S/C18H22N4O2.2ClH/c19-16(12-14-4-2-1-3-5-14)18(23)21-15-6-7-17(20-13-15)22-8-10-24-11-9-22;;/h1-7,13,16H,8-12,19H2,(H,21,23);2*1H. The van der Waals surface area contributed by atoms with E-state index < -0.39 is 6.04 Å². The molecule has 1 fully saturated rings. The van der Waals surface area contributed by atoms with Crippen LogP contribution in [-0.2, 0) is 16.0 Å². The van der Waals surface area contributed by atoms with Crippen LogP contribution in [0.4, 0.5) is 11.5 Å². The molecule has 1 unspecified atom stereocenters. The Morgan fingerprint density at radius 2 is 1.85 bits per heavy atom. The van der Waals surface area contributed by atoms with E-state index in [1.165, 1.54) is 0 Å². The number of amides is 1. The van der Waals surface area contributed by atoms with Crippen molar-refractivity contribution < 1.29 is 9.53 Å². The summed E-state index contributed by atoms with van der Waals surface area (Å²) in [6.45, 7) is 3.10. The third kappa shape index (κ3) is 6.14. The number of nitrogens with two attached hydrogens (primary N) is 1. The van der Waals surface area contributed by atoms with Gasteiger partial charge in [0.2, 0.25) is 5.91 Å². The van der Waals surface area contributed by atoms with Crippen molar-refractivity contribution in [3.8, 4) is 0 Å². The van der Waals surface area contributed by atoms with Gasteiger partial charge in [0, 0.05) is 13.1 Å². The molecule has 0 bridgehead atoms. The quantitative estimate of drug-likeness (QED) is 0.807. The molecule has 1 aliphatic rings. The molecule has 1 aromatic heterocycles. The molecule has 6 nitrogen and oxygen atoms in total. The number of anilines is 2. The van der Waals surface area contributed by atoms with Crippen molar-refractivity contribution in [2.24, 2.45) is 5.73 Å². The molecule has 8 heteroatoms. The molecule has 3 N–H and O–H groups in total. The molecule has 0 spiro atoms. The SMILES string of the molecule is Cl.Cl.NC(Cc1ccccc1)C(=O)Nc1ccc(N2CCOCC2)nc1. The Morgan fingerprint density at radius 1 is 1.15 bits per heavy atom. The second kappa shape index (κ2) is 11.0. The van der Waals surface area contributed by atoms with E-state index in [9.17, 15) is 4.79 Å². The van der Waals surface area contributed by atoms with Crippen molar-refractivity contribution >= 4 is 42.2 Å². The molecule has 0 radical (unpaired) electrons. The Kier molecular flexibility index (Phi) is 9.37. The van der Waals surface area contributed by atoms with Crippen molar-refractivity contribution in [2.45, 2.75) is 12.5 Å². The van der Waals surface area contributed by atoms with Crippen molar-refractivity contribution in [2.75, 3.05) is 36.5 Å². The first kappa shape index (κ1) is 22.2. The first-order valence-corrected chi connectivity index (χ1v) is 8.11. The molecule has 1 atom stereocenters. The van der Waals surface area contributed by atoms with Crippen molar-refractivity contribution in [1.82, 2.24) is 4.98 Å². The van der Waals surface area contributed by atoms with E-state index in [0.29, 0.717) is 25.3 Å². The third-order valence-electron chi connectivity index (χ3n) is 3.99. The summed E-state index contributed by atoms with van der Waals surface area (Å²) < 4.78 is 5.33. The second-order valence-electron chi connectivity index (χ2n) is 5.79. The van der Waals surface area contributed by atoms with Gasteiger partial charge in [-0.2, -0.15) is 0 Å². The van der Waals surface area contributed by atoms with Crippen LogP contribution in [0.15, 0.2) is 48.7 Å². The zero-order valence-corrected chi connectivity index (χ0v) is 16.0. The van der Waals surface area contributed by atoms with Gasteiger partial charge in [0.25, 0.3) is 0 Å². The Labute approximate surface area is 165 Å². The molecular formula is C18H24Cl2N4O2. The molecule has 3 rings (SSSR count). The number of ether oxygens (including phenoxy) is 1. The van der Waals surface area contributed by atoms with E-state index in [2.05, 4.69) is 15.2 Å². The third-order valence-corrected chi connectivity index (χ3v) is 3.99. The summed E-state index contributed by atoms with van der Waals surface area (Å²) in [5.41, 5.74) is 7.69. The van der Waals surface area contributed by atoms with Crippen LogP contribution in [0.1, 0.15) is 5.56 Å². The number of aromatic nitrogens is 1. The Balaban J connectivity index is 0.00000169. The highest BCUT2D eigenvalue weighted by Gasteiger charge is 2.15. The molecule has 142 valence electrons. The van der Waals surface area contributed by atoms with Crippen LogP contribution in [0.3, 0.4) is 0 Å². The lowest BCUT2D eigenvalue weighted by atomic mass is 10.1. The number of rotatable bonds is 5. The van der Waals surface area contributed by atoms with Crippen molar-refractivity contribution in [3.05, 3.63) is 54.2 Å². The Hall–Kier alpha value is -1.86. The van der Waals surface area contributed by atoms with Gasteiger partial charge >= 0.3 is 0 Å². The maximum atomic E-state index is 12.2. The Bertz CT molecular complexity index is 665. The molecular weight excluding hydrogens is 375 g/mol. The lowest BCUT2D eigenvalue weighted by Crippen LogP contribution is -2.37. The van der Waals surface area contributed by atoms with Crippen LogP contribution in [-0.4, -0.2) is 43.2 Å². The topological polar surface area (TPSA) is 80.5 Å². The van der Waals surface area contributed by atoms with E-state index in [1.807, 2.05) is 42.5 Å². The Morgan fingerprint density at radius 3 is 2.46 bits per heavy atom. The number of benzene rings is 1. The summed E-state index contributed by atoms with van der Waals surface area (Å²) in [5.74, 6) is 0.685. The number of carbonyl (C=O) groups excluding carboxylic acids is 1. The van der Waals surface area contributed by atoms with Crippen LogP contribution in [0, 0.1) is 0 Å². The molecule has 1 saturated heterocycles. The van der Waals surface area contributed by atoms with E-state index >= 15 is 0 Å². The first-order valence-electron chi connectivity index (χ1n) is 8.11. The molecule has 1 aromatic carbocycles. The highest BCUT2D eigenvalue weighted by atomic mass is 35.5. The lowest BCUT2D eigenvalue weighted by molar-refractivity contribution is -0.117. The summed E-state index contributed by atoms with van der Waals surface area (Å²) in [6, 6.07) is 12.9. The van der Waals surface area contributed by atoms with Gasteiger partial charge in [-0.15, -0.1) is 24.8 Å². The number of nitrogens with one attached hydrogen (secondary N) is 1. The van der Waals surface area contributed by atoms with Crippen LogP contribution in [0.25, 0.3) is 0 Å². The van der Waals surface area contributed by atoms with Crippen LogP contribution in [0.2, 0.25) is 0 Å². The monoisotopic (exact) mass is 398 g/mol. The average molecular weight is 399 g/mol. The van der Waals surface area contributed by atoms with E-state index in [1.54, 1.807) is 6.20 Å². The predicted molar refractivity (Wildman–Crippen MR) is 109 cm³/mol. The fraction of sp³-hybridized carbons (Fsp3) is 0.333. The average Bonchev–Trinajstić information content (AvgIpc) is 2.64. The number of pyridine rings is 1. The van der Waals surface area contributed by atoms with Crippen LogP contribution < -0.4 is 16.0 Å². The van der Waals surface area contributed by atoms with Gasteiger partial charge in [-0.1, -0.05) is 30.3 Å². The van der Waals surface area contributed by atoms with Crippen molar-refractivity contribution in [1.29, 1.82) is 0 Å². The number of carbonyl (C=O) groups is 1. The smallest absolute Gasteiger partial charge is 0.241 e. The van der Waals surface area contributed by atoms with Gasteiger partial charge in [0.05, 0.1) is 31.1 Å². The zero-order chi connectivity index (χ0) is 16.8. The summed E-state index contributed by atoms with van der Waals surface area (Å²) in [5, 5.41) is 2.82. The number of hydrogen-bond acceptors (Lipinski definition) is 5. The van der Waals surface area contributed by atoms with E-state index in [4.69, 9.17) is 10.5 Å². The largest absolute Gasteiger partial charge is 0.378 e. The molecule has 1 amide bonds. The number of nitrogens with zero attached hydrogens (tertiary/aromatic N) is 2. The van der Waals surface area contributed by atoms with E-state index in [0.717, 1.165) is 24.5 Å². The highest BCUT2D eigenvalue weighted by molar-refractivity contribution is 5.94. The van der Waals surface area contributed by atoms with Gasteiger partial charge in [0.15, 0.2) is 0 Å². The minimum absolute atomic E-state index is 0. The lowest BCUT2D eigenvalue weighted by Gasteiger charge is -2.27. The van der Waals surface area contributed by atoms with Crippen LogP contribution in [0.5, 0.6) is 0 Å². The van der Waals surface area contributed by atoms with Gasteiger partial charge in [-0.3, -0.25) is 4.79 Å². The minimum atomic E-state index is -0.591. The van der Waals surface area contributed by atoms with Gasteiger partial charge in [-0.05, 0) is 24.1 Å². The number of halogens is 2. The fourth-order valence-corrected chi connectivity index (χ4v) is 2.64. The zero-order valence-electron chi connectivity index (χ0n) is 14.3. The van der Waals surface area contributed by atoms with E-state index in [-0.39, 0.29) is 30.7 Å². The molecule has 2 heterocycles. The number of morpholine rings is 1.